The highest BCUT2D eigenvalue weighted by Crippen LogP contribution is 2.13. The van der Waals surface area contributed by atoms with E-state index in [1.54, 1.807) is 12.2 Å². The average molecular weight is 202 g/mol. The van der Waals surface area contributed by atoms with Crippen molar-refractivity contribution in [2.75, 3.05) is 0 Å². The van der Waals surface area contributed by atoms with Gasteiger partial charge < -0.3 is 0 Å². The molecular weight excluding hydrogens is 180 g/mol. The molecular formula is C15H22. The predicted molar refractivity (Wildman–Crippen MR) is 72.9 cm³/mol. The molecule has 15 heavy (non-hydrogen) atoms. The number of hydrogen-bond acceptors (Lipinski definition) is 0. The summed E-state index contributed by atoms with van der Waals surface area (Å²) >= 11 is 0. The van der Waals surface area contributed by atoms with E-state index in [2.05, 4.69) is 51.5 Å². The monoisotopic (exact) mass is 202 g/mol. The first-order valence-corrected chi connectivity index (χ1v) is 4.98. The third kappa shape index (κ3) is 10.4. The molecule has 0 spiro atoms. The summed E-state index contributed by atoms with van der Waals surface area (Å²) in [5, 5.41) is 0. The number of rotatable bonds is 2. The average Bonchev–Trinajstić information content (AvgIpc) is 2.20. The third-order valence-electron chi connectivity index (χ3n) is 1.76. The second kappa shape index (κ2) is 12.4. The van der Waals surface area contributed by atoms with Gasteiger partial charge >= 0.3 is 0 Å². The summed E-state index contributed by atoms with van der Waals surface area (Å²) in [6, 6.07) is 0. The van der Waals surface area contributed by atoms with Gasteiger partial charge in [0.1, 0.15) is 0 Å². The van der Waals surface area contributed by atoms with Crippen LogP contribution in [0.2, 0.25) is 0 Å². The van der Waals surface area contributed by atoms with Gasteiger partial charge in [0.05, 0.1) is 0 Å². The topological polar surface area (TPSA) is 0 Å². The molecule has 0 saturated carbocycles. The lowest BCUT2D eigenvalue weighted by Crippen LogP contribution is -1.82. The summed E-state index contributed by atoms with van der Waals surface area (Å²) in [5.74, 6) is 0. The minimum Gasteiger partial charge on any atom is -0.106 e. The van der Waals surface area contributed by atoms with Gasteiger partial charge in [-0.1, -0.05) is 55.2 Å². The molecule has 82 valence electrons. The van der Waals surface area contributed by atoms with E-state index in [1.165, 1.54) is 12.0 Å². The van der Waals surface area contributed by atoms with Crippen LogP contribution in [0.1, 0.15) is 20.3 Å². The van der Waals surface area contributed by atoms with Crippen LogP contribution >= 0.6 is 0 Å². The molecule has 0 heteroatoms. The van der Waals surface area contributed by atoms with E-state index in [9.17, 15) is 0 Å². The molecule has 0 aromatic heterocycles. The Balaban J connectivity index is 0. The molecule has 0 nitrogen and oxygen atoms in total. The van der Waals surface area contributed by atoms with Crippen molar-refractivity contribution in [1.29, 1.82) is 0 Å². The lowest BCUT2D eigenvalue weighted by Gasteiger charge is -2.02. The molecule has 0 radical (unpaired) electrons. The normalized spacial score (nSPS) is 15.1. The third-order valence-corrected chi connectivity index (χ3v) is 1.76. The van der Waals surface area contributed by atoms with Crippen LogP contribution in [0, 0.1) is 0 Å². The Bertz CT molecular complexity index is 262. The van der Waals surface area contributed by atoms with Crippen LogP contribution in [0.3, 0.4) is 0 Å². The lowest BCUT2D eigenvalue weighted by molar-refractivity contribution is 1.18. The summed E-state index contributed by atoms with van der Waals surface area (Å²) in [4.78, 5) is 0. The van der Waals surface area contributed by atoms with Crippen LogP contribution in [-0.4, -0.2) is 0 Å². The fourth-order valence-electron chi connectivity index (χ4n) is 0.722. The Morgan fingerprint density at radius 1 is 1.33 bits per heavy atom. The van der Waals surface area contributed by atoms with Crippen molar-refractivity contribution in [1.82, 2.24) is 0 Å². The zero-order chi connectivity index (χ0) is 12.1. The highest BCUT2D eigenvalue weighted by molar-refractivity contribution is 5.29. The molecule has 0 fully saturated rings. The first-order valence-electron chi connectivity index (χ1n) is 4.98. The molecule has 0 aliphatic heterocycles. The van der Waals surface area contributed by atoms with Crippen LogP contribution < -0.4 is 0 Å². The Kier molecular flexibility index (Phi) is 13.2. The van der Waals surface area contributed by atoms with Gasteiger partial charge in [-0.15, -0.1) is 13.2 Å². The van der Waals surface area contributed by atoms with Crippen LogP contribution in [0.4, 0.5) is 0 Å². The standard InChI is InChI=1S/C7H10.C6H8.C2H4/c1-4-6-7(3)5-2;1-2-6-4-3-5-6;1-2/h4-6H,1-2H2,3H3;2-4H,5H2,1H3;1-2H2/b7-6-;6-2+;. The Hall–Kier alpha value is -1.56. The number of hydrogen-bond donors (Lipinski definition) is 0. The van der Waals surface area contributed by atoms with Gasteiger partial charge in [0.15, 0.2) is 0 Å². The van der Waals surface area contributed by atoms with Gasteiger partial charge in [-0.3, -0.25) is 0 Å². The van der Waals surface area contributed by atoms with Gasteiger partial charge in [0.25, 0.3) is 0 Å². The van der Waals surface area contributed by atoms with Crippen molar-refractivity contribution in [3.8, 4) is 0 Å². The van der Waals surface area contributed by atoms with Crippen molar-refractivity contribution in [2.24, 2.45) is 0 Å². The molecule has 0 saturated heterocycles. The van der Waals surface area contributed by atoms with E-state index in [0.717, 1.165) is 5.57 Å². The van der Waals surface area contributed by atoms with Gasteiger partial charge in [0.2, 0.25) is 0 Å². The molecule has 1 aliphatic rings. The lowest BCUT2D eigenvalue weighted by atomic mass is 10.0. The van der Waals surface area contributed by atoms with E-state index in [1.807, 2.05) is 13.0 Å². The molecule has 0 heterocycles. The molecule has 0 aromatic rings. The van der Waals surface area contributed by atoms with Crippen molar-refractivity contribution in [2.45, 2.75) is 20.3 Å². The van der Waals surface area contributed by atoms with Crippen molar-refractivity contribution < 1.29 is 0 Å². The zero-order valence-electron chi connectivity index (χ0n) is 10.00. The second-order valence-electron chi connectivity index (χ2n) is 2.82. The molecule has 0 amide bonds. The molecule has 0 N–H and O–H groups in total. The Labute approximate surface area is 94.7 Å². The van der Waals surface area contributed by atoms with Crippen LogP contribution in [0.5, 0.6) is 0 Å². The maximum Gasteiger partial charge on any atom is -0.00976 e. The smallest absolute Gasteiger partial charge is 0.00976 e. The van der Waals surface area contributed by atoms with E-state index in [-0.39, 0.29) is 0 Å². The molecule has 1 rings (SSSR count). The summed E-state index contributed by atoms with van der Waals surface area (Å²) in [7, 11) is 0. The molecule has 0 atom stereocenters. The minimum absolute atomic E-state index is 1.15. The maximum atomic E-state index is 3.56. The van der Waals surface area contributed by atoms with Gasteiger partial charge in [-0.25, -0.2) is 0 Å². The highest BCUT2D eigenvalue weighted by atomic mass is 14.0. The highest BCUT2D eigenvalue weighted by Gasteiger charge is 1.93. The fraction of sp³-hybridized carbons (Fsp3) is 0.200. The van der Waals surface area contributed by atoms with Crippen LogP contribution in [0.15, 0.2) is 73.9 Å². The SMILES string of the molecule is C/C=C1\C=CC1.C=C.C=C/C=C(/C)C=C. The van der Waals surface area contributed by atoms with E-state index in [0.29, 0.717) is 0 Å². The van der Waals surface area contributed by atoms with E-state index in [4.69, 9.17) is 0 Å². The largest absolute Gasteiger partial charge is 0.106 e. The Morgan fingerprint density at radius 3 is 1.93 bits per heavy atom. The summed E-state index contributed by atoms with van der Waals surface area (Å²) in [6.07, 6.45) is 13.1. The predicted octanol–water partition coefficient (Wildman–Crippen LogP) is 5.00. The van der Waals surface area contributed by atoms with E-state index < -0.39 is 0 Å². The van der Waals surface area contributed by atoms with Crippen molar-refractivity contribution >= 4 is 0 Å². The summed E-state index contributed by atoms with van der Waals surface area (Å²) < 4.78 is 0. The first-order chi connectivity index (χ1) is 7.24. The number of allylic oxidation sites excluding steroid dienone is 8. The fourth-order valence-corrected chi connectivity index (χ4v) is 0.722. The zero-order valence-corrected chi connectivity index (χ0v) is 10.00. The molecule has 0 aromatic carbocycles. The Morgan fingerprint density at radius 2 is 1.87 bits per heavy atom. The molecule has 0 unspecified atom stereocenters. The molecule has 0 bridgehead atoms. The quantitative estimate of drug-likeness (QED) is 0.436. The van der Waals surface area contributed by atoms with Gasteiger partial charge in [0, 0.05) is 0 Å². The van der Waals surface area contributed by atoms with Crippen LogP contribution in [-0.2, 0) is 0 Å². The first kappa shape index (κ1) is 15.9. The van der Waals surface area contributed by atoms with Crippen LogP contribution in [0.25, 0.3) is 0 Å². The van der Waals surface area contributed by atoms with Crippen molar-refractivity contribution in [3.63, 3.8) is 0 Å². The van der Waals surface area contributed by atoms with Crippen molar-refractivity contribution in [3.05, 3.63) is 73.9 Å². The molecule has 1 aliphatic carbocycles. The van der Waals surface area contributed by atoms with Gasteiger partial charge in [-0.2, -0.15) is 0 Å². The minimum atomic E-state index is 1.15. The second-order valence-corrected chi connectivity index (χ2v) is 2.82. The van der Waals surface area contributed by atoms with Gasteiger partial charge in [-0.05, 0) is 25.8 Å². The maximum absolute atomic E-state index is 3.56. The summed E-state index contributed by atoms with van der Waals surface area (Å²) in [5.41, 5.74) is 2.62. The summed E-state index contributed by atoms with van der Waals surface area (Å²) in [6.45, 7) is 17.1. The van der Waals surface area contributed by atoms with E-state index >= 15 is 0 Å².